The zero-order valence-corrected chi connectivity index (χ0v) is 25.3. The number of alkyl halides is 4. The van der Waals surface area contributed by atoms with E-state index in [1.807, 2.05) is 11.8 Å². The molecular formula is C30H31F6N7OS. The first-order chi connectivity index (χ1) is 21.3. The predicted molar refractivity (Wildman–Crippen MR) is 160 cm³/mol. The number of nitrogen functional groups attached to an aromatic ring is 1. The molecule has 0 aliphatic carbocycles. The fourth-order valence-electron chi connectivity index (χ4n) is 7.23. The quantitative estimate of drug-likeness (QED) is 0.248. The topological polar surface area (TPSA) is 92.4 Å². The van der Waals surface area contributed by atoms with Crippen molar-refractivity contribution in [3.05, 3.63) is 35.4 Å². The van der Waals surface area contributed by atoms with Crippen molar-refractivity contribution in [3.63, 3.8) is 0 Å². The fourth-order valence-corrected chi connectivity index (χ4v) is 8.00. The van der Waals surface area contributed by atoms with Gasteiger partial charge in [-0.25, -0.2) is 18.2 Å². The number of likely N-dealkylation sites (N-methyl/N-ethyl adjacent to an activating group) is 1. The van der Waals surface area contributed by atoms with Crippen LogP contribution in [-0.2, 0) is 6.18 Å². The van der Waals surface area contributed by atoms with Crippen LogP contribution in [0.3, 0.4) is 0 Å². The van der Waals surface area contributed by atoms with Gasteiger partial charge >= 0.3 is 12.2 Å². The lowest BCUT2D eigenvalue weighted by Crippen LogP contribution is -2.43. The van der Waals surface area contributed by atoms with E-state index in [0.29, 0.717) is 25.9 Å². The van der Waals surface area contributed by atoms with Gasteiger partial charge in [-0.15, -0.1) is 0 Å². The van der Waals surface area contributed by atoms with Crippen LogP contribution in [0.4, 0.5) is 37.3 Å². The number of hydrogen-bond donors (Lipinski definition) is 2. The molecule has 0 saturated carbocycles. The van der Waals surface area contributed by atoms with Crippen molar-refractivity contribution in [2.75, 3.05) is 43.9 Å². The average Bonchev–Trinajstić information content (AvgIpc) is 3.75. The third kappa shape index (κ3) is 5.12. The first-order valence-corrected chi connectivity index (χ1v) is 15.6. The summed E-state index contributed by atoms with van der Waals surface area (Å²) in [6.45, 7) is 3.62. The van der Waals surface area contributed by atoms with Crippen molar-refractivity contribution in [1.82, 2.24) is 25.2 Å². The summed E-state index contributed by atoms with van der Waals surface area (Å²) < 4.78 is 96.0. The van der Waals surface area contributed by atoms with E-state index in [4.69, 9.17) is 10.5 Å². The van der Waals surface area contributed by atoms with Gasteiger partial charge < -0.3 is 20.7 Å². The van der Waals surface area contributed by atoms with Gasteiger partial charge in [0.15, 0.2) is 10.9 Å². The first-order valence-electron chi connectivity index (χ1n) is 14.8. The summed E-state index contributed by atoms with van der Waals surface area (Å²) in [6, 6.07) is 2.65. The largest absolute Gasteiger partial charge is 0.461 e. The third-order valence-corrected chi connectivity index (χ3v) is 10.3. The summed E-state index contributed by atoms with van der Waals surface area (Å²) in [4.78, 5) is 16.7. The Kier molecular flexibility index (Phi) is 7.28. The number of anilines is 2. The van der Waals surface area contributed by atoms with Crippen LogP contribution in [0.15, 0.2) is 18.2 Å². The molecule has 0 spiro atoms. The van der Waals surface area contributed by atoms with Crippen molar-refractivity contribution in [3.8, 4) is 17.1 Å². The standard InChI is InChI=1S/C30H31F6N7OS/c1-14-8-16(11-38-14)42(2)26-18-9-19(30(34,35)36)21(17-4-5-20(32)25-24(17)39-27(37)45-25)22(33)23(18)40-28(41-26)44-13-29-6-3-7-43(29)12-15(31)10-29/h4-5,9,14-16,38H,3,6-8,10-13H2,1-2H3,(H2,37,39)/t14-,15+,16+,29-/m0/s1. The highest BCUT2D eigenvalue weighted by Gasteiger charge is 2.49. The van der Waals surface area contributed by atoms with Gasteiger partial charge in [-0.2, -0.15) is 23.1 Å². The number of nitrogens with one attached hydrogen (secondary N) is 1. The molecule has 2 aromatic carbocycles. The molecular weight excluding hydrogens is 620 g/mol. The van der Waals surface area contributed by atoms with E-state index in [9.17, 15) is 22.0 Å². The van der Waals surface area contributed by atoms with Gasteiger partial charge in [-0.05, 0) is 50.9 Å². The maximum absolute atomic E-state index is 16.8. The van der Waals surface area contributed by atoms with Crippen molar-refractivity contribution in [2.24, 2.45) is 0 Å². The monoisotopic (exact) mass is 651 g/mol. The van der Waals surface area contributed by atoms with E-state index in [2.05, 4.69) is 20.3 Å². The van der Waals surface area contributed by atoms with E-state index in [-0.39, 0.29) is 68.8 Å². The minimum atomic E-state index is -5.00. The predicted octanol–water partition coefficient (Wildman–Crippen LogP) is 5.93. The van der Waals surface area contributed by atoms with Crippen molar-refractivity contribution < 1.29 is 31.1 Å². The Morgan fingerprint density at radius 1 is 1.20 bits per heavy atom. The van der Waals surface area contributed by atoms with Gasteiger partial charge in [0.05, 0.1) is 21.3 Å². The number of benzene rings is 2. The lowest BCUT2D eigenvalue weighted by Gasteiger charge is -2.31. The second-order valence-electron chi connectivity index (χ2n) is 12.3. The molecule has 0 radical (unpaired) electrons. The molecule has 3 aliphatic rings. The Labute approximate surface area is 258 Å². The minimum absolute atomic E-state index is 0.0515. The summed E-state index contributed by atoms with van der Waals surface area (Å²) in [6.07, 6.45) is -3.45. The summed E-state index contributed by atoms with van der Waals surface area (Å²) in [5.74, 6) is -1.93. The Balaban J connectivity index is 1.42. The van der Waals surface area contributed by atoms with Gasteiger partial charge in [0.1, 0.15) is 29.9 Å². The maximum atomic E-state index is 16.8. The fraction of sp³-hybridized carbons (Fsp3) is 0.500. The van der Waals surface area contributed by atoms with Gasteiger partial charge in [-0.1, -0.05) is 11.3 Å². The summed E-state index contributed by atoms with van der Waals surface area (Å²) in [7, 11) is 1.69. The second kappa shape index (κ2) is 10.8. The molecule has 3 aliphatic heterocycles. The number of fused-ring (bicyclic) bond motifs is 3. The highest BCUT2D eigenvalue weighted by Crippen LogP contribution is 2.46. The number of nitrogens with two attached hydrogens (primary N) is 1. The molecule has 0 amide bonds. The van der Waals surface area contributed by atoms with Gasteiger partial charge in [-0.3, -0.25) is 4.90 Å². The molecule has 3 N–H and O–H groups in total. The van der Waals surface area contributed by atoms with Crippen LogP contribution < -0.4 is 20.7 Å². The molecule has 0 unspecified atom stereocenters. The van der Waals surface area contributed by atoms with Gasteiger partial charge in [0.25, 0.3) is 0 Å². The van der Waals surface area contributed by atoms with Crippen LogP contribution in [0.5, 0.6) is 6.01 Å². The highest BCUT2D eigenvalue weighted by molar-refractivity contribution is 7.22. The third-order valence-electron chi connectivity index (χ3n) is 9.42. The molecule has 2 aromatic heterocycles. The molecule has 4 atom stereocenters. The summed E-state index contributed by atoms with van der Waals surface area (Å²) >= 11 is 0.758. The molecule has 15 heteroatoms. The summed E-state index contributed by atoms with van der Waals surface area (Å²) in [5, 5.41) is 3.09. The Morgan fingerprint density at radius 2 is 2.00 bits per heavy atom. The van der Waals surface area contributed by atoms with Crippen LogP contribution in [0, 0.1) is 11.6 Å². The number of nitrogens with zero attached hydrogens (tertiary/aromatic N) is 5. The average molecular weight is 652 g/mol. The number of aromatic nitrogens is 3. The second-order valence-corrected chi connectivity index (χ2v) is 13.4. The van der Waals surface area contributed by atoms with Crippen LogP contribution in [0.2, 0.25) is 0 Å². The lowest BCUT2D eigenvalue weighted by atomic mass is 9.94. The Bertz CT molecular complexity index is 1800. The van der Waals surface area contributed by atoms with E-state index >= 15 is 4.39 Å². The Morgan fingerprint density at radius 3 is 2.73 bits per heavy atom. The van der Waals surface area contributed by atoms with Crippen molar-refractivity contribution in [1.29, 1.82) is 0 Å². The molecule has 3 fully saturated rings. The lowest BCUT2D eigenvalue weighted by molar-refractivity contribution is -0.137. The van der Waals surface area contributed by atoms with Crippen molar-refractivity contribution in [2.45, 2.75) is 62.6 Å². The van der Waals surface area contributed by atoms with Crippen LogP contribution in [-0.4, -0.2) is 76.9 Å². The molecule has 4 aromatic rings. The number of ether oxygens (including phenoxy) is 1. The number of thiazole rings is 1. The maximum Gasteiger partial charge on any atom is 0.417 e. The van der Waals surface area contributed by atoms with Crippen LogP contribution in [0.25, 0.3) is 32.2 Å². The van der Waals surface area contributed by atoms with Gasteiger partial charge in [0.2, 0.25) is 0 Å². The van der Waals surface area contributed by atoms with Crippen molar-refractivity contribution >= 4 is 43.4 Å². The van der Waals surface area contributed by atoms with E-state index < -0.39 is 40.6 Å². The highest BCUT2D eigenvalue weighted by atomic mass is 32.1. The first kappa shape index (κ1) is 30.2. The molecule has 45 heavy (non-hydrogen) atoms. The molecule has 3 saturated heterocycles. The number of halogens is 6. The van der Waals surface area contributed by atoms with E-state index in [1.165, 1.54) is 0 Å². The van der Waals surface area contributed by atoms with Crippen LogP contribution in [0.1, 0.15) is 38.2 Å². The molecule has 7 rings (SSSR count). The SMILES string of the molecule is C[C@H]1C[C@@H](N(C)c2nc(OC[C@@]34CCCN3C[C@H](F)C4)nc3c(F)c(-c4ccc(F)c5sc(N)nc45)c(C(F)(F)F)cc23)CN1. The zero-order valence-electron chi connectivity index (χ0n) is 24.5. The smallest absolute Gasteiger partial charge is 0.417 e. The van der Waals surface area contributed by atoms with E-state index in [1.54, 1.807) is 11.9 Å². The van der Waals surface area contributed by atoms with Gasteiger partial charge in [0, 0.05) is 55.2 Å². The molecule has 5 heterocycles. The number of rotatable bonds is 6. The molecule has 0 bridgehead atoms. The Hall–Kier alpha value is -3.43. The number of hydrogen-bond acceptors (Lipinski definition) is 9. The minimum Gasteiger partial charge on any atom is -0.461 e. The summed E-state index contributed by atoms with van der Waals surface area (Å²) in [5.41, 5.74) is 2.29. The molecule has 240 valence electrons. The molecule has 8 nitrogen and oxygen atoms in total. The van der Waals surface area contributed by atoms with Crippen LogP contribution >= 0.6 is 11.3 Å². The zero-order chi connectivity index (χ0) is 31.8. The van der Waals surface area contributed by atoms with E-state index in [0.717, 1.165) is 42.5 Å². The normalized spacial score (nSPS) is 25.5.